The molecular formula is C14H24OSi. The number of hydrogen-bond donors (Lipinski definition) is 1. The van der Waals surface area contributed by atoms with Crippen LogP contribution >= 0.6 is 0 Å². The molecule has 1 unspecified atom stereocenters. The van der Waals surface area contributed by atoms with Crippen molar-refractivity contribution in [2.45, 2.75) is 46.5 Å². The topological polar surface area (TPSA) is 20.2 Å². The van der Waals surface area contributed by atoms with E-state index in [-0.39, 0.29) is 12.0 Å². The zero-order valence-corrected chi connectivity index (χ0v) is 12.3. The van der Waals surface area contributed by atoms with Gasteiger partial charge in [-0.25, -0.2) is 0 Å². The molecule has 1 aromatic rings. The minimum atomic E-state index is -1.29. The number of rotatable bonds is 3. The van der Waals surface area contributed by atoms with Gasteiger partial charge in [0.1, 0.15) is 0 Å². The van der Waals surface area contributed by atoms with Crippen molar-refractivity contribution in [1.29, 1.82) is 0 Å². The number of aryl methyl sites for hydroxylation is 1. The van der Waals surface area contributed by atoms with Crippen LogP contribution < -0.4 is 5.19 Å². The van der Waals surface area contributed by atoms with E-state index in [0.29, 0.717) is 0 Å². The van der Waals surface area contributed by atoms with Crippen LogP contribution in [-0.4, -0.2) is 13.2 Å². The van der Waals surface area contributed by atoms with E-state index >= 15 is 0 Å². The molecule has 1 rings (SSSR count). The lowest BCUT2D eigenvalue weighted by Gasteiger charge is -2.22. The molecule has 90 valence electrons. The van der Waals surface area contributed by atoms with Crippen molar-refractivity contribution in [3.63, 3.8) is 0 Å². The molecule has 0 aliphatic heterocycles. The fourth-order valence-corrected chi connectivity index (χ4v) is 3.06. The van der Waals surface area contributed by atoms with Crippen LogP contribution in [0.5, 0.6) is 0 Å². The van der Waals surface area contributed by atoms with Crippen LogP contribution in [-0.2, 0) is 0 Å². The Morgan fingerprint density at radius 1 is 1.06 bits per heavy atom. The van der Waals surface area contributed by atoms with Gasteiger partial charge in [0.25, 0.3) is 0 Å². The normalized spacial score (nSPS) is 14.2. The molecular weight excluding hydrogens is 212 g/mol. The maximum Gasteiger partial charge on any atom is 0.0812 e. The summed E-state index contributed by atoms with van der Waals surface area (Å²) in [6, 6.07) is 6.57. The van der Waals surface area contributed by atoms with Gasteiger partial charge in [-0.05, 0) is 18.4 Å². The van der Waals surface area contributed by atoms with Crippen LogP contribution in [0.2, 0.25) is 19.6 Å². The van der Waals surface area contributed by atoms with Crippen molar-refractivity contribution in [3.05, 3.63) is 29.3 Å². The van der Waals surface area contributed by atoms with Gasteiger partial charge in [0, 0.05) is 0 Å². The summed E-state index contributed by atoms with van der Waals surface area (Å²) in [7, 11) is -1.29. The third-order valence-electron chi connectivity index (χ3n) is 2.94. The van der Waals surface area contributed by atoms with Gasteiger partial charge in [0.05, 0.1) is 14.2 Å². The molecule has 1 nitrogen and oxygen atoms in total. The minimum Gasteiger partial charge on any atom is -0.388 e. The van der Waals surface area contributed by atoms with E-state index in [1.54, 1.807) is 0 Å². The smallest absolute Gasteiger partial charge is 0.0812 e. The van der Waals surface area contributed by atoms with Gasteiger partial charge >= 0.3 is 0 Å². The van der Waals surface area contributed by atoms with Gasteiger partial charge in [-0.15, -0.1) is 0 Å². The van der Waals surface area contributed by atoms with E-state index in [2.05, 4.69) is 58.6 Å². The molecule has 0 fully saturated rings. The zero-order valence-electron chi connectivity index (χ0n) is 11.3. The summed E-state index contributed by atoms with van der Waals surface area (Å²) in [5, 5.41) is 11.6. The Balaban J connectivity index is 3.18. The Kier molecular flexibility index (Phi) is 3.97. The first-order valence-corrected chi connectivity index (χ1v) is 9.52. The predicted octanol–water partition coefficient (Wildman–Crippen LogP) is 3.23. The monoisotopic (exact) mass is 236 g/mol. The first-order chi connectivity index (χ1) is 7.21. The second-order valence-electron chi connectivity index (χ2n) is 6.07. The highest BCUT2D eigenvalue weighted by Gasteiger charge is 2.19. The van der Waals surface area contributed by atoms with Crippen molar-refractivity contribution in [2.75, 3.05) is 0 Å². The molecule has 2 heteroatoms. The van der Waals surface area contributed by atoms with Crippen LogP contribution in [0.25, 0.3) is 0 Å². The molecule has 0 saturated heterocycles. The average Bonchev–Trinajstić information content (AvgIpc) is 2.14. The minimum absolute atomic E-state index is 0.274. The Labute approximate surface area is 101 Å². The highest BCUT2D eigenvalue weighted by molar-refractivity contribution is 6.88. The molecule has 0 radical (unpaired) electrons. The van der Waals surface area contributed by atoms with Gasteiger partial charge in [-0.3, -0.25) is 0 Å². The lowest BCUT2D eigenvalue weighted by molar-refractivity contribution is 0.127. The number of aliphatic hydroxyl groups excluding tert-OH is 1. The van der Waals surface area contributed by atoms with Crippen molar-refractivity contribution in [3.8, 4) is 0 Å². The Bertz CT molecular complexity index is 363. The third-order valence-corrected chi connectivity index (χ3v) is 4.96. The van der Waals surface area contributed by atoms with Gasteiger partial charge < -0.3 is 5.11 Å². The standard InChI is InChI=1S/C14H24OSi/c1-10(2)14(15)12-7-11(3)8-13(9-12)16(4,5)6/h7-10,14-15H,1-6H3. The van der Waals surface area contributed by atoms with E-state index in [9.17, 15) is 5.11 Å². The second kappa shape index (κ2) is 4.72. The molecule has 1 N–H and O–H groups in total. The van der Waals surface area contributed by atoms with E-state index in [4.69, 9.17) is 0 Å². The number of hydrogen-bond acceptors (Lipinski definition) is 1. The van der Waals surface area contributed by atoms with Crippen molar-refractivity contribution >= 4 is 13.3 Å². The summed E-state index contributed by atoms with van der Waals surface area (Å²) in [6.07, 6.45) is -0.338. The zero-order chi connectivity index (χ0) is 12.5. The SMILES string of the molecule is Cc1cc(C(O)C(C)C)cc([Si](C)(C)C)c1. The fourth-order valence-electron chi connectivity index (χ4n) is 1.80. The van der Waals surface area contributed by atoms with E-state index in [1.807, 2.05) is 0 Å². The van der Waals surface area contributed by atoms with Crippen LogP contribution in [0.1, 0.15) is 31.1 Å². The molecule has 0 bridgehead atoms. The van der Waals surface area contributed by atoms with Crippen LogP contribution in [0.15, 0.2) is 18.2 Å². The number of benzene rings is 1. The molecule has 0 spiro atoms. The maximum absolute atomic E-state index is 10.1. The molecule has 0 aromatic heterocycles. The Morgan fingerprint density at radius 3 is 2.06 bits per heavy atom. The molecule has 1 aromatic carbocycles. The van der Waals surface area contributed by atoms with Crippen molar-refractivity contribution in [2.24, 2.45) is 5.92 Å². The van der Waals surface area contributed by atoms with Gasteiger partial charge in [-0.2, -0.15) is 0 Å². The summed E-state index contributed by atoms with van der Waals surface area (Å²) in [6.45, 7) is 13.2. The first kappa shape index (κ1) is 13.5. The van der Waals surface area contributed by atoms with Crippen LogP contribution in [0.4, 0.5) is 0 Å². The predicted molar refractivity (Wildman–Crippen MR) is 74.0 cm³/mol. The fraction of sp³-hybridized carbons (Fsp3) is 0.571. The van der Waals surface area contributed by atoms with E-state index in [0.717, 1.165) is 5.56 Å². The quantitative estimate of drug-likeness (QED) is 0.799. The summed E-state index contributed by atoms with van der Waals surface area (Å²) in [5.74, 6) is 0.274. The van der Waals surface area contributed by atoms with Gasteiger partial charge in [-0.1, -0.05) is 62.4 Å². The highest BCUT2D eigenvalue weighted by Crippen LogP contribution is 2.22. The van der Waals surface area contributed by atoms with E-state index < -0.39 is 8.07 Å². The molecule has 1 atom stereocenters. The lowest BCUT2D eigenvalue weighted by Crippen LogP contribution is -2.38. The van der Waals surface area contributed by atoms with Crippen LogP contribution in [0, 0.1) is 12.8 Å². The lowest BCUT2D eigenvalue weighted by atomic mass is 9.98. The number of aliphatic hydroxyl groups is 1. The third kappa shape index (κ3) is 3.19. The molecule has 0 aliphatic carbocycles. The summed E-state index contributed by atoms with van der Waals surface area (Å²) in [4.78, 5) is 0. The van der Waals surface area contributed by atoms with Crippen LogP contribution in [0.3, 0.4) is 0 Å². The highest BCUT2D eigenvalue weighted by atomic mass is 28.3. The second-order valence-corrected chi connectivity index (χ2v) is 11.1. The van der Waals surface area contributed by atoms with E-state index in [1.165, 1.54) is 10.8 Å². The largest absolute Gasteiger partial charge is 0.388 e. The molecule has 16 heavy (non-hydrogen) atoms. The Hall–Kier alpha value is -0.603. The van der Waals surface area contributed by atoms with Crippen molar-refractivity contribution in [1.82, 2.24) is 0 Å². The van der Waals surface area contributed by atoms with Gasteiger partial charge in [0.2, 0.25) is 0 Å². The summed E-state index contributed by atoms with van der Waals surface area (Å²) >= 11 is 0. The Morgan fingerprint density at radius 2 is 1.62 bits per heavy atom. The molecule has 0 aliphatic rings. The van der Waals surface area contributed by atoms with Crippen molar-refractivity contribution < 1.29 is 5.11 Å². The molecule has 0 amide bonds. The average molecular weight is 236 g/mol. The maximum atomic E-state index is 10.1. The first-order valence-electron chi connectivity index (χ1n) is 6.02. The molecule has 0 saturated carbocycles. The molecule has 0 heterocycles. The summed E-state index contributed by atoms with van der Waals surface area (Å²) < 4.78 is 0. The summed E-state index contributed by atoms with van der Waals surface area (Å²) in [5.41, 5.74) is 2.34. The van der Waals surface area contributed by atoms with Gasteiger partial charge in [0.15, 0.2) is 0 Å².